The van der Waals surface area contributed by atoms with E-state index in [-0.39, 0.29) is 6.61 Å². The van der Waals surface area contributed by atoms with Crippen LogP contribution >= 0.6 is 7.82 Å². The van der Waals surface area contributed by atoms with Crippen molar-refractivity contribution in [1.82, 2.24) is 0 Å². The van der Waals surface area contributed by atoms with Gasteiger partial charge in [-0.05, 0) is 30.7 Å². The van der Waals surface area contributed by atoms with E-state index in [4.69, 9.17) is 14.2 Å². The minimum absolute atomic E-state index is 0.0247. The minimum atomic E-state index is -3.85. The van der Waals surface area contributed by atoms with Crippen molar-refractivity contribution in [2.45, 2.75) is 57.7 Å². The topological polar surface area (TPSA) is 65.0 Å². The molecule has 1 heterocycles. The SMILES string of the molecule is CCCCC(CCCCOC1COP(=O)(O)O1)c1ccccc1. The third-order valence-corrected chi connectivity index (χ3v) is 5.03. The van der Waals surface area contributed by atoms with Crippen LogP contribution in [0.1, 0.15) is 56.9 Å². The predicted molar refractivity (Wildman–Crippen MR) is 89.2 cm³/mol. The van der Waals surface area contributed by atoms with Crippen LogP contribution in [-0.4, -0.2) is 24.4 Å². The molecule has 1 saturated heterocycles. The fraction of sp³-hybridized carbons (Fsp3) is 0.647. The van der Waals surface area contributed by atoms with E-state index in [9.17, 15) is 4.57 Å². The van der Waals surface area contributed by atoms with E-state index >= 15 is 0 Å². The summed E-state index contributed by atoms with van der Waals surface area (Å²) in [5, 5.41) is 0. The summed E-state index contributed by atoms with van der Waals surface area (Å²) in [7, 11) is -3.85. The van der Waals surface area contributed by atoms with Crippen LogP contribution in [0.15, 0.2) is 30.3 Å². The van der Waals surface area contributed by atoms with Crippen molar-refractivity contribution in [2.75, 3.05) is 13.2 Å². The van der Waals surface area contributed by atoms with E-state index in [0.717, 1.165) is 19.3 Å². The Morgan fingerprint density at radius 3 is 2.65 bits per heavy atom. The molecule has 1 N–H and O–H groups in total. The molecule has 5 nitrogen and oxygen atoms in total. The molecule has 0 bridgehead atoms. The molecule has 1 aromatic carbocycles. The molecule has 2 rings (SSSR count). The molecule has 0 aromatic heterocycles. The molecule has 3 unspecified atom stereocenters. The number of hydrogen-bond acceptors (Lipinski definition) is 4. The number of phosphoric acid groups is 1. The minimum Gasteiger partial charge on any atom is -0.350 e. The number of unbranched alkanes of at least 4 members (excludes halogenated alkanes) is 2. The maximum Gasteiger partial charge on any atom is 0.474 e. The molecule has 0 spiro atoms. The lowest BCUT2D eigenvalue weighted by Crippen LogP contribution is -2.14. The van der Waals surface area contributed by atoms with Crippen molar-refractivity contribution in [3.63, 3.8) is 0 Å². The van der Waals surface area contributed by atoms with Gasteiger partial charge >= 0.3 is 7.82 Å². The monoisotopic (exact) mass is 342 g/mol. The summed E-state index contributed by atoms with van der Waals surface area (Å²) < 4.78 is 25.9. The molecule has 0 saturated carbocycles. The van der Waals surface area contributed by atoms with Crippen molar-refractivity contribution >= 4 is 7.82 Å². The van der Waals surface area contributed by atoms with Gasteiger partial charge in [0.15, 0.2) is 6.29 Å². The second-order valence-electron chi connectivity index (χ2n) is 5.92. The largest absolute Gasteiger partial charge is 0.474 e. The van der Waals surface area contributed by atoms with Crippen LogP contribution in [0.4, 0.5) is 0 Å². The Hall–Kier alpha value is -0.710. The average Bonchev–Trinajstić information content (AvgIpc) is 2.90. The Balaban J connectivity index is 1.67. The van der Waals surface area contributed by atoms with Crippen molar-refractivity contribution in [2.24, 2.45) is 0 Å². The predicted octanol–water partition coefficient (Wildman–Crippen LogP) is 4.62. The van der Waals surface area contributed by atoms with Gasteiger partial charge in [-0.15, -0.1) is 0 Å². The Bertz CT molecular complexity index is 493. The molecule has 3 atom stereocenters. The molecule has 1 fully saturated rings. The number of hydrogen-bond donors (Lipinski definition) is 1. The number of phosphoric ester groups is 1. The number of benzene rings is 1. The lowest BCUT2D eigenvalue weighted by Gasteiger charge is -2.17. The van der Waals surface area contributed by atoms with Crippen LogP contribution in [-0.2, 0) is 18.3 Å². The molecular formula is C17H27O5P. The van der Waals surface area contributed by atoms with Gasteiger partial charge in [0.2, 0.25) is 0 Å². The van der Waals surface area contributed by atoms with Gasteiger partial charge in [0.05, 0.1) is 0 Å². The average molecular weight is 342 g/mol. The van der Waals surface area contributed by atoms with Gasteiger partial charge in [0, 0.05) is 6.61 Å². The maximum absolute atomic E-state index is 11.1. The highest BCUT2D eigenvalue weighted by atomic mass is 31.2. The molecule has 0 aliphatic carbocycles. The Labute approximate surface area is 138 Å². The Morgan fingerprint density at radius 2 is 2.00 bits per heavy atom. The van der Waals surface area contributed by atoms with Gasteiger partial charge in [-0.1, -0.05) is 56.5 Å². The van der Waals surface area contributed by atoms with E-state index < -0.39 is 14.1 Å². The van der Waals surface area contributed by atoms with Gasteiger partial charge < -0.3 is 9.63 Å². The highest BCUT2D eigenvalue weighted by Crippen LogP contribution is 2.49. The molecule has 0 radical (unpaired) electrons. The molecule has 1 aliphatic rings. The first-order valence-corrected chi connectivity index (χ1v) is 9.92. The van der Waals surface area contributed by atoms with E-state index in [1.807, 2.05) is 0 Å². The molecule has 1 aliphatic heterocycles. The molecule has 23 heavy (non-hydrogen) atoms. The van der Waals surface area contributed by atoms with Crippen molar-refractivity contribution < 1.29 is 23.2 Å². The molecule has 0 amide bonds. The third kappa shape index (κ3) is 6.74. The van der Waals surface area contributed by atoms with Crippen molar-refractivity contribution in [1.29, 1.82) is 0 Å². The molecule has 130 valence electrons. The zero-order valence-corrected chi connectivity index (χ0v) is 14.6. The van der Waals surface area contributed by atoms with Crippen LogP contribution in [0.5, 0.6) is 0 Å². The lowest BCUT2D eigenvalue weighted by atomic mass is 9.89. The normalized spacial score (nSPS) is 25.6. The molecule has 1 aromatic rings. The van der Waals surface area contributed by atoms with Crippen LogP contribution < -0.4 is 0 Å². The first-order valence-electron chi connectivity index (χ1n) is 8.43. The van der Waals surface area contributed by atoms with E-state index in [2.05, 4.69) is 41.8 Å². The number of ether oxygens (including phenoxy) is 1. The van der Waals surface area contributed by atoms with Gasteiger partial charge in [0.1, 0.15) is 6.61 Å². The van der Waals surface area contributed by atoms with Crippen LogP contribution in [0.3, 0.4) is 0 Å². The summed E-state index contributed by atoms with van der Waals surface area (Å²) in [4.78, 5) is 9.08. The quantitative estimate of drug-likeness (QED) is 0.496. The summed E-state index contributed by atoms with van der Waals surface area (Å²) in [5.41, 5.74) is 1.41. The molecular weight excluding hydrogens is 315 g/mol. The lowest BCUT2D eigenvalue weighted by molar-refractivity contribution is -0.0702. The third-order valence-electron chi connectivity index (χ3n) is 4.05. The van der Waals surface area contributed by atoms with E-state index in [1.54, 1.807) is 0 Å². The highest BCUT2D eigenvalue weighted by Gasteiger charge is 2.35. The van der Waals surface area contributed by atoms with Crippen LogP contribution in [0, 0.1) is 0 Å². The summed E-state index contributed by atoms with van der Waals surface area (Å²) in [6.07, 6.45) is 6.07. The number of rotatable bonds is 10. The summed E-state index contributed by atoms with van der Waals surface area (Å²) in [6.45, 7) is 2.76. The van der Waals surface area contributed by atoms with Crippen molar-refractivity contribution in [3.05, 3.63) is 35.9 Å². The first kappa shape index (κ1) is 18.6. The van der Waals surface area contributed by atoms with Gasteiger partial charge in [-0.25, -0.2) is 4.57 Å². The van der Waals surface area contributed by atoms with E-state index in [0.29, 0.717) is 12.5 Å². The zero-order valence-electron chi connectivity index (χ0n) is 13.7. The fourth-order valence-electron chi connectivity index (χ4n) is 2.80. The Morgan fingerprint density at radius 1 is 1.26 bits per heavy atom. The van der Waals surface area contributed by atoms with Gasteiger partial charge in [-0.2, -0.15) is 0 Å². The van der Waals surface area contributed by atoms with Gasteiger partial charge in [0.25, 0.3) is 0 Å². The molecule has 6 heteroatoms. The summed E-state index contributed by atoms with van der Waals surface area (Å²) in [5.74, 6) is 0.597. The Kier molecular flexibility index (Phi) is 7.74. The standard InChI is InChI=1S/C17H27O5P/c1-2-3-9-15(16-10-5-4-6-11-16)12-7-8-13-20-17-14-21-23(18,19)22-17/h4-6,10-11,15,17H,2-3,7-9,12-14H2,1H3,(H,18,19). The van der Waals surface area contributed by atoms with E-state index in [1.165, 1.54) is 24.8 Å². The van der Waals surface area contributed by atoms with Crippen LogP contribution in [0.2, 0.25) is 0 Å². The smallest absolute Gasteiger partial charge is 0.350 e. The highest BCUT2D eigenvalue weighted by molar-refractivity contribution is 7.47. The second-order valence-corrected chi connectivity index (χ2v) is 7.32. The summed E-state index contributed by atoms with van der Waals surface area (Å²) >= 11 is 0. The fourth-order valence-corrected chi connectivity index (χ4v) is 3.59. The van der Waals surface area contributed by atoms with Crippen molar-refractivity contribution in [3.8, 4) is 0 Å². The zero-order chi connectivity index (χ0) is 16.5. The second kappa shape index (κ2) is 9.55. The van der Waals surface area contributed by atoms with Crippen LogP contribution in [0.25, 0.3) is 0 Å². The first-order chi connectivity index (χ1) is 11.1. The summed E-state index contributed by atoms with van der Waals surface area (Å²) in [6, 6.07) is 10.7. The van der Waals surface area contributed by atoms with Gasteiger partial charge in [-0.3, -0.25) is 9.05 Å². The maximum atomic E-state index is 11.1.